The molecule has 55 heavy (non-hydrogen) atoms. The summed E-state index contributed by atoms with van der Waals surface area (Å²) in [5.41, 5.74) is 14.3. The number of rotatable bonds is 8. The van der Waals surface area contributed by atoms with E-state index < -0.39 is 0 Å². The largest absolute Gasteiger partial charge is 0.0984 e. The van der Waals surface area contributed by atoms with E-state index in [2.05, 4.69) is 189 Å². The number of allylic oxidation sites excluding steroid dienone is 8. The molecule has 0 amide bonds. The normalized spacial score (nSPS) is 12.5. The van der Waals surface area contributed by atoms with Crippen LogP contribution in [0.15, 0.2) is 206 Å². The Morgan fingerprint density at radius 2 is 1.09 bits per heavy atom. The van der Waals surface area contributed by atoms with E-state index in [1.165, 1.54) is 88.0 Å². The molecule has 1 aliphatic carbocycles. The molecule has 0 aliphatic heterocycles. The first-order chi connectivity index (χ1) is 26.7. The summed E-state index contributed by atoms with van der Waals surface area (Å²) in [5, 5.41) is 7.55. The van der Waals surface area contributed by atoms with Crippen LogP contribution < -0.4 is 0 Å². The molecule has 8 aromatic rings. The van der Waals surface area contributed by atoms with Crippen molar-refractivity contribution >= 4 is 37.9 Å². The zero-order chi connectivity index (χ0) is 37.0. The van der Waals surface area contributed by atoms with Gasteiger partial charge in [0.05, 0.1) is 0 Å². The fourth-order valence-corrected chi connectivity index (χ4v) is 8.02. The molecule has 0 saturated carbocycles. The maximum atomic E-state index is 4.53. The molecule has 0 bridgehead atoms. The third-order valence-electron chi connectivity index (χ3n) is 10.6. The summed E-state index contributed by atoms with van der Waals surface area (Å²) >= 11 is 0. The molecule has 9 rings (SSSR count). The van der Waals surface area contributed by atoms with E-state index in [9.17, 15) is 0 Å². The molecule has 0 aromatic heterocycles. The molecule has 0 atom stereocenters. The van der Waals surface area contributed by atoms with Gasteiger partial charge in [-0.1, -0.05) is 192 Å². The fraction of sp³-hybridized carbons (Fsp3) is 0.0909. The lowest BCUT2D eigenvalue weighted by molar-refractivity contribution is 0.979. The van der Waals surface area contributed by atoms with Gasteiger partial charge in [-0.2, -0.15) is 0 Å². The summed E-state index contributed by atoms with van der Waals surface area (Å²) < 4.78 is 0. The highest BCUT2D eigenvalue weighted by atomic mass is 14.2. The molecule has 0 heteroatoms. The molecule has 0 fully saturated rings. The minimum absolute atomic E-state index is 0. The van der Waals surface area contributed by atoms with Crippen molar-refractivity contribution in [2.45, 2.75) is 34.1 Å². The van der Waals surface area contributed by atoms with Crippen molar-refractivity contribution in [2.75, 3.05) is 0 Å². The summed E-state index contributed by atoms with van der Waals surface area (Å²) in [5.74, 6) is 0. The van der Waals surface area contributed by atoms with Crippen molar-refractivity contribution in [2.24, 2.45) is 0 Å². The Morgan fingerprint density at radius 1 is 0.545 bits per heavy atom. The lowest BCUT2D eigenvalue weighted by Crippen LogP contribution is -1.95. The first-order valence-corrected chi connectivity index (χ1v) is 19.1. The molecule has 0 radical (unpaired) electrons. The molecule has 0 heterocycles. The molecule has 268 valence electrons. The first-order valence-electron chi connectivity index (χ1n) is 19.1. The van der Waals surface area contributed by atoms with Crippen molar-refractivity contribution in [3.63, 3.8) is 0 Å². The first kappa shape index (κ1) is 36.8. The standard InChI is InChI=1S/C52H38.C2H6.CH4/c1-3-36(31-35(2)37-15-7-4-8-16-37)49-34-50(44-24-14-22-42(33-44)39-19-11-6-12-20-39)48-30-29-46-45(27-25-40-26-28-47(49)52(48)51(40)46)43-23-13-21-41(32-43)38-17-9-5-10-18-38;1-2;/h3-7,9-15,17-34H,1-2,8,16H2;1-2H3;1H4/b36-31+;;. The third kappa shape index (κ3) is 7.00. The van der Waals surface area contributed by atoms with Crippen molar-refractivity contribution in [3.8, 4) is 44.5 Å². The minimum Gasteiger partial charge on any atom is -0.0984 e. The second-order valence-electron chi connectivity index (χ2n) is 13.7. The number of hydrogen-bond donors (Lipinski definition) is 0. The Kier molecular flexibility index (Phi) is 10.9. The summed E-state index contributed by atoms with van der Waals surface area (Å²) in [7, 11) is 0. The van der Waals surface area contributed by atoms with Gasteiger partial charge in [0.15, 0.2) is 0 Å². The van der Waals surface area contributed by atoms with Crippen molar-refractivity contribution in [1.82, 2.24) is 0 Å². The fourth-order valence-electron chi connectivity index (χ4n) is 8.02. The van der Waals surface area contributed by atoms with Crippen LogP contribution in [0, 0.1) is 0 Å². The van der Waals surface area contributed by atoms with Crippen molar-refractivity contribution in [3.05, 3.63) is 212 Å². The zero-order valence-electron chi connectivity index (χ0n) is 31.1. The molecule has 0 unspecified atom stereocenters. The van der Waals surface area contributed by atoms with Crippen LogP contribution in [0.4, 0.5) is 0 Å². The van der Waals surface area contributed by atoms with E-state index >= 15 is 0 Å². The monoisotopic (exact) mass is 708 g/mol. The van der Waals surface area contributed by atoms with Crippen LogP contribution in [0.2, 0.25) is 0 Å². The lowest BCUT2D eigenvalue weighted by Gasteiger charge is -2.20. The van der Waals surface area contributed by atoms with E-state index in [4.69, 9.17) is 0 Å². The Labute approximate surface area is 327 Å². The molecular weight excluding hydrogens is 661 g/mol. The SMILES string of the molecule is C.C=C/C(=C\C(=C)C1=CC=CCC1)c1cc(-c2cccc(-c3ccccc3)c2)c2ccc3c(-c4cccc(-c5ccccc5)c4)ccc4ccc1c2c43.CC. The van der Waals surface area contributed by atoms with Gasteiger partial charge in [0.1, 0.15) is 0 Å². The quantitative estimate of drug-likeness (QED) is 0.109. The van der Waals surface area contributed by atoms with Crippen LogP contribution in [0.5, 0.6) is 0 Å². The van der Waals surface area contributed by atoms with E-state index in [0.29, 0.717) is 0 Å². The van der Waals surface area contributed by atoms with Crippen molar-refractivity contribution < 1.29 is 0 Å². The molecule has 0 N–H and O–H groups in total. The van der Waals surface area contributed by atoms with Gasteiger partial charge in [0.25, 0.3) is 0 Å². The summed E-state index contributed by atoms with van der Waals surface area (Å²) in [4.78, 5) is 0. The summed E-state index contributed by atoms with van der Waals surface area (Å²) in [6, 6.07) is 55.5. The van der Waals surface area contributed by atoms with Gasteiger partial charge in [0, 0.05) is 0 Å². The Hall–Kier alpha value is -6.50. The van der Waals surface area contributed by atoms with Gasteiger partial charge in [-0.05, 0) is 136 Å². The molecule has 8 aromatic carbocycles. The second kappa shape index (κ2) is 16.3. The van der Waals surface area contributed by atoms with Crippen LogP contribution >= 0.6 is 0 Å². The third-order valence-corrected chi connectivity index (χ3v) is 10.6. The predicted octanol–water partition coefficient (Wildman–Crippen LogP) is 16.3. The topological polar surface area (TPSA) is 0 Å². The predicted molar refractivity (Wildman–Crippen MR) is 244 cm³/mol. The Morgan fingerprint density at radius 3 is 1.69 bits per heavy atom. The maximum absolute atomic E-state index is 4.53. The van der Waals surface area contributed by atoms with Crippen LogP contribution in [0.3, 0.4) is 0 Å². The second-order valence-corrected chi connectivity index (χ2v) is 13.7. The van der Waals surface area contributed by atoms with Crippen molar-refractivity contribution in [1.29, 1.82) is 0 Å². The van der Waals surface area contributed by atoms with Crippen LogP contribution in [-0.4, -0.2) is 0 Å². The Bertz CT molecular complexity index is 2730. The minimum atomic E-state index is 0. The van der Waals surface area contributed by atoms with E-state index in [-0.39, 0.29) is 7.43 Å². The highest BCUT2D eigenvalue weighted by molar-refractivity contribution is 6.29. The highest BCUT2D eigenvalue weighted by Gasteiger charge is 2.19. The molecule has 0 saturated heterocycles. The van der Waals surface area contributed by atoms with Crippen LogP contribution in [0.1, 0.15) is 39.7 Å². The van der Waals surface area contributed by atoms with Gasteiger partial charge < -0.3 is 0 Å². The van der Waals surface area contributed by atoms with Crippen LogP contribution in [0.25, 0.3) is 82.4 Å². The van der Waals surface area contributed by atoms with Gasteiger partial charge in [0.2, 0.25) is 0 Å². The molecular formula is C55H48. The molecule has 1 aliphatic rings. The number of hydrogen-bond acceptors (Lipinski definition) is 0. The maximum Gasteiger partial charge on any atom is -0.00141 e. The zero-order valence-corrected chi connectivity index (χ0v) is 31.1. The van der Waals surface area contributed by atoms with Gasteiger partial charge >= 0.3 is 0 Å². The smallest absolute Gasteiger partial charge is 0.00141 e. The summed E-state index contributed by atoms with van der Waals surface area (Å²) in [6.45, 7) is 12.9. The molecule has 0 nitrogen and oxygen atoms in total. The van der Waals surface area contributed by atoms with Gasteiger partial charge in [-0.15, -0.1) is 0 Å². The van der Waals surface area contributed by atoms with Crippen LogP contribution in [-0.2, 0) is 0 Å². The van der Waals surface area contributed by atoms with E-state index in [0.717, 1.165) is 24.0 Å². The lowest BCUT2D eigenvalue weighted by atomic mass is 9.83. The Balaban J connectivity index is 0.00000153. The average molecular weight is 709 g/mol. The average Bonchev–Trinajstić information content (AvgIpc) is 3.26. The highest BCUT2D eigenvalue weighted by Crippen LogP contribution is 2.46. The number of benzene rings is 8. The van der Waals surface area contributed by atoms with E-state index in [1.54, 1.807) is 0 Å². The molecule has 0 spiro atoms. The van der Waals surface area contributed by atoms with E-state index in [1.807, 2.05) is 19.9 Å². The summed E-state index contributed by atoms with van der Waals surface area (Å²) in [6.07, 6.45) is 12.8. The van der Waals surface area contributed by atoms with Gasteiger partial charge in [-0.25, -0.2) is 0 Å². The van der Waals surface area contributed by atoms with Gasteiger partial charge in [-0.3, -0.25) is 0 Å².